The second kappa shape index (κ2) is 48.0. The molecule has 0 rings (SSSR count). The van der Waals surface area contributed by atoms with Crippen LogP contribution in [0.15, 0.2) is 97.2 Å². The summed E-state index contributed by atoms with van der Waals surface area (Å²) in [6.07, 6.45) is 62.9. The summed E-state index contributed by atoms with van der Waals surface area (Å²) in [7, 11) is 0. The van der Waals surface area contributed by atoms with Crippen LogP contribution in [0.25, 0.3) is 0 Å². The van der Waals surface area contributed by atoms with Crippen LogP contribution in [-0.2, 0) is 28.6 Å². The highest BCUT2D eigenvalue weighted by atomic mass is 16.6. The van der Waals surface area contributed by atoms with Gasteiger partial charge in [0, 0.05) is 12.8 Å². The lowest BCUT2D eigenvalue weighted by molar-refractivity contribution is -0.166. The van der Waals surface area contributed by atoms with Crippen LogP contribution >= 0.6 is 0 Å². The van der Waals surface area contributed by atoms with Crippen LogP contribution in [0.4, 0.5) is 0 Å². The summed E-state index contributed by atoms with van der Waals surface area (Å²) in [5.41, 5.74) is 0. The van der Waals surface area contributed by atoms with Gasteiger partial charge in [0.15, 0.2) is 6.10 Å². The molecule has 0 heterocycles. The Morgan fingerprint density at radius 3 is 1.20 bits per heavy atom. The van der Waals surface area contributed by atoms with E-state index in [0.717, 1.165) is 83.5 Å². The van der Waals surface area contributed by atoms with E-state index in [1.807, 2.05) is 6.08 Å². The van der Waals surface area contributed by atoms with Crippen molar-refractivity contribution in [3.8, 4) is 0 Å². The average Bonchev–Trinajstić information content (AvgIpc) is 3.24. The van der Waals surface area contributed by atoms with Crippen molar-refractivity contribution in [2.75, 3.05) is 13.2 Å². The summed E-state index contributed by atoms with van der Waals surface area (Å²) in [5, 5.41) is 0. The normalized spacial score (nSPS) is 12.9. The number of ether oxygens (including phenoxy) is 3. The van der Waals surface area contributed by atoms with Gasteiger partial charge in [-0.25, -0.2) is 0 Å². The first kappa shape index (κ1) is 56.3. The zero-order valence-electron chi connectivity index (χ0n) is 38.7. The van der Waals surface area contributed by atoms with Crippen molar-refractivity contribution in [3.63, 3.8) is 0 Å². The minimum atomic E-state index is -0.830. The van der Waals surface area contributed by atoms with E-state index in [9.17, 15) is 14.4 Å². The fourth-order valence-corrected chi connectivity index (χ4v) is 6.25. The van der Waals surface area contributed by atoms with E-state index in [-0.39, 0.29) is 38.0 Å². The van der Waals surface area contributed by atoms with Crippen LogP contribution < -0.4 is 0 Å². The molecule has 6 heteroatoms. The predicted octanol–water partition coefficient (Wildman–Crippen LogP) is 15.8. The Bertz CT molecular complexity index is 1230. The predicted molar refractivity (Wildman–Crippen MR) is 256 cm³/mol. The lowest BCUT2D eigenvalue weighted by Gasteiger charge is -2.18. The van der Waals surface area contributed by atoms with E-state index in [2.05, 4.69) is 106 Å². The van der Waals surface area contributed by atoms with Crippen molar-refractivity contribution in [3.05, 3.63) is 97.2 Å². The summed E-state index contributed by atoms with van der Waals surface area (Å²) < 4.78 is 16.6. The molecule has 340 valence electrons. The van der Waals surface area contributed by atoms with Crippen molar-refractivity contribution in [2.45, 2.75) is 213 Å². The second-order valence-corrected chi connectivity index (χ2v) is 15.6. The van der Waals surface area contributed by atoms with E-state index < -0.39 is 12.1 Å². The van der Waals surface area contributed by atoms with Crippen LogP contribution in [0.3, 0.4) is 0 Å². The minimum absolute atomic E-state index is 0.121. The van der Waals surface area contributed by atoms with Crippen molar-refractivity contribution in [2.24, 2.45) is 0 Å². The molecule has 60 heavy (non-hydrogen) atoms. The molecule has 0 radical (unpaired) electrons. The molecule has 0 aromatic carbocycles. The average molecular weight is 833 g/mol. The van der Waals surface area contributed by atoms with Gasteiger partial charge in [-0.3, -0.25) is 14.4 Å². The molecule has 0 fully saturated rings. The Morgan fingerprint density at radius 2 is 0.717 bits per heavy atom. The molecule has 1 unspecified atom stereocenters. The first-order chi connectivity index (χ1) is 29.5. The highest BCUT2D eigenvalue weighted by molar-refractivity contribution is 5.72. The van der Waals surface area contributed by atoms with Gasteiger partial charge in [0.2, 0.25) is 0 Å². The molecule has 6 nitrogen and oxygen atoms in total. The summed E-state index contributed by atoms with van der Waals surface area (Å²) in [4.78, 5) is 37.7. The molecule has 0 aromatic heterocycles. The van der Waals surface area contributed by atoms with Crippen molar-refractivity contribution < 1.29 is 28.6 Å². The fourth-order valence-electron chi connectivity index (χ4n) is 6.25. The quantitative estimate of drug-likeness (QED) is 0.0264. The van der Waals surface area contributed by atoms with Gasteiger partial charge in [-0.15, -0.1) is 0 Å². The van der Waals surface area contributed by atoms with Crippen LogP contribution in [0.1, 0.15) is 207 Å². The van der Waals surface area contributed by atoms with Gasteiger partial charge < -0.3 is 14.2 Å². The smallest absolute Gasteiger partial charge is 0.309 e. The lowest BCUT2D eigenvalue weighted by atomic mass is 10.1. The summed E-state index contributed by atoms with van der Waals surface area (Å²) in [5.74, 6) is -1.09. The summed E-state index contributed by atoms with van der Waals surface area (Å²) in [6, 6.07) is 0. The zero-order valence-corrected chi connectivity index (χ0v) is 38.7. The second-order valence-electron chi connectivity index (χ2n) is 15.6. The molecular formula is C54H88O6. The molecule has 0 spiro atoms. The van der Waals surface area contributed by atoms with E-state index in [4.69, 9.17) is 14.2 Å². The Labute approximate surface area is 368 Å². The monoisotopic (exact) mass is 833 g/mol. The number of unbranched alkanes of at least 4 members (excludes halogenated alkanes) is 16. The van der Waals surface area contributed by atoms with Gasteiger partial charge in [0.25, 0.3) is 0 Å². The maximum absolute atomic E-state index is 12.7. The number of allylic oxidation sites excluding steroid dienone is 15. The number of hydrogen-bond acceptors (Lipinski definition) is 6. The molecule has 0 amide bonds. The van der Waals surface area contributed by atoms with Gasteiger partial charge in [-0.2, -0.15) is 0 Å². The molecule has 0 bridgehead atoms. The van der Waals surface area contributed by atoms with Gasteiger partial charge >= 0.3 is 17.9 Å². The Morgan fingerprint density at radius 1 is 0.367 bits per heavy atom. The summed E-state index contributed by atoms with van der Waals surface area (Å²) >= 11 is 0. The number of esters is 3. The Hall–Kier alpha value is -3.67. The molecular weight excluding hydrogens is 745 g/mol. The molecule has 0 aliphatic carbocycles. The van der Waals surface area contributed by atoms with E-state index >= 15 is 0 Å². The number of carbonyl (C=O) groups is 3. The third-order valence-electron chi connectivity index (χ3n) is 9.84. The molecule has 0 aliphatic rings. The van der Waals surface area contributed by atoms with Crippen LogP contribution in [0.2, 0.25) is 0 Å². The van der Waals surface area contributed by atoms with Gasteiger partial charge in [-0.1, -0.05) is 189 Å². The maximum Gasteiger partial charge on any atom is 0.309 e. The van der Waals surface area contributed by atoms with E-state index in [1.54, 1.807) is 6.08 Å². The molecule has 0 N–H and O–H groups in total. The van der Waals surface area contributed by atoms with E-state index in [1.165, 1.54) is 77.0 Å². The van der Waals surface area contributed by atoms with Gasteiger partial charge in [-0.05, 0) is 96.3 Å². The molecule has 0 aromatic rings. The topological polar surface area (TPSA) is 78.9 Å². The first-order valence-electron chi connectivity index (χ1n) is 24.2. The summed E-state index contributed by atoms with van der Waals surface area (Å²) in [6.45, 7) is 6.26. The van der Waals surface area contributed by atoms with Crippen LogP contribution in [-0.4, -0.2) is 37.2 Å². The number of carbonyl (C=O) groups excluding carboxylic acids is 3. The Balaban J connectivity index is 4.46. The number of hydrogen-bond donors (Lipinski definition) is 0. The molecule has 0 saturated carbocycles. The highest BCUT2D eigenvalue weighted by Gasteiger charge is 2.19. The minimum Gasteiger partial charge on any atom is -0.462 e. The van der Waals surface area contributed by atoms with Crippen LogP contribution in [0, 0.1) is 0 Å². The third kappa shape index (κ3) is 45.4. The fraction of sp³-hybridized carbons (Fsp3) is 0.648. The number of rotatable bonds is 42. The van der Waals surface area contributed by atoms with Crippen molar-refractivity contribution >= 4 is 17.9 Å². The lowest BCUT2D eigenvalue weighted by Crippen LogP contribution is -2.30. The van der Waals surface area contributed by atoms with E-state index in [0.29, 0.717) is 12.8 Å². The molecule has 0 saturated heterocycles. The SMILES string of the molecule is CC/C=C\C/C=C\C/C=C\C/C=C\CCCCCC(=O)OC(COC(=O)C/C=C\C/C=C\C/C=C\CC)COC(=O)CCCCCCCCC/C=C\CCCCCCCC. The van der Waals surface area contributed by atoms with Gasteiger partial charge in [0.05, 0.1) is 6.42 Å². The van der Waals surface area contributed by atoms with Crippen molar-refractivity contribution in [1.29, 1.82) is 0 Å². The maximum atomic E-state index is 12.7. The van der Waals surface area contributed by atoms with Crippen LogP contribution in [0.5, 0.6) is 0 Å². The first-order valence-corrected chi connectivity index (χ1v) is 24.2. The zero-order chi connectivity index (χ0) is 43.7. The molecule has 1 atom stereocenters. The third-order valence-corrected chi connectivity index (χ3v) is 9.84. The van der Waals surface area contributed by atoms with Crippen molar-refractivity contribution in [1.82, 2.24) is 0 Å². The largest absolute Gasteiger partial charge is 0.462 e. The highest BCUT2D eigenvalue weighted by Crippen LogP contribution is 2.13. The molecule has 0 aliphatic heterocycles. The Kier molecular flexibility index (Phi) is 45.1. The van der Waals surface area contributed by atoms with Gasteiger partial charge in [0.1, 0.15) is 13.2 Å². The standard InChI is InChI=1S/C54H88O6/c1-4-7-10-13-16-19-21-23-25-27-29-30-32-35-38-41-44-47-53(56)59-50-51(49-58-52(55)46-43-40-37-34-18-15-12-9-6-3)60-54(57)48-45-42-39-36-33-31-28-26-24-22-20-17-14-11-8-5-2/h8-9,11-12,17-18,20,23-26,31,33-34,40,43,51H,4-7,10,13-16,19,21-22,27-30,32,35-39,41-42,44-50H2,1-3H3/b11-8-,12-9-,20-17-,25-23-,26-24-,33-31-,34-18-,43-40-.